The number of rotatable bonds is 5. The number of ether oxygens (including phenoxy) is 2. The Bertz CT molecular complexity index is 604. The van der Waals surface area contributed by atoms with E-state index in [1.807, 2.05) is 24.3 Å². The minimum atomic E-state index is -0.130. The molecule has 2 amide bonds. The van der Waals surface area contributed by atoms with Gasteiger partial charge >= 0.3 is 0 Å². The zero-order valence-corrected chi connectivity index (χ0v) is 13.4. The lowest BCUT2D eigenvalue weighted by Crippen LogP contribution is -2.70. The first-order valence-electron chi connectivity index (χ1n) is 7.89. The first-order chi connectivity index (χ1) is 11.1. The van der Waals surface area contributed by atoms with E-state index in [1.54, 1.807) is 7.11 Å². The molecule has 0 spiro atoms. The van der Waals surface area contributed by atoms with Crippen molar-refractivity contribution in [2.75, 3.05) is 13.7 Å². The van der Waals surface area contributed by atoms with Crippen LogP contribution in [0.25, 0.3) is 0 Å². The lowest BCUT2D eigenvalue weighted by molar-refractivity contribution is -0.129. The molecule has 0 radical (unpaired) electrons. The van der Waals surface area contributed by atoms with E-state index in [0.29, 0.717) is 18.9 Å². The molecule has 23 heavy (non-hydrogen) atoms. The molecule has 4 atom stereocenters. The van der Waals surface area contributed by atoms with Gasteiger partial charge in [0.05, 0.1) is 31.7 Å². The summed E-state index contributed by atoms with van der Waals surface area (Å²) in [5, 5.41) is 5.94. The molecule has 124 valence electrons. The Balaban J connectivity index is 1.61. The Kier molecular flexibility index (Phi) is 4.52. The molecule has 1 saturated carbocycles. The largest absolute Gasteiger partial charge is 0.497 e. The van der Waals surface area contributed by atoms with Gasteiger partial charge in [0.25, 0.3) is 0 Å². The molecule has 1 saturated heterocycles. The summed E-state index contributed by atoms with van der Waals surface area (Å²) in [5.74, 6) is 0.875. The van der Waals surface area contributed by atoms with E-state index >= 15 is 0 Å². The summed E-state index contributed by atoms with van der Waals surface area (Å²) in [7, 11) is 1.60. The molecule has 1 heterocycles. The lowest BCUT2D eigenvalue weighted by atomic mass is 9.71. The van der Waals surface area contributed by atoms with Crippen molar-refractivity contribution >= 4 is 11.8 Å². The number of hydrogen-bond acceptors (Lipinski definition) is 4. The molecule has 2 aliphatic rings. The van der Waals surface area contributed by atoms with Crippen LogP contribution in [0.3, 0.4) is 0 Å². The van der Waals surface area contributed by atoms with Gasteiger partial charge in [0.15, 0.2) is 0 Å². The Hall–Kier alpha value is -2.08. The lowest BCUT2D eigenvalue weighted by Gasteiger charge is -2.47. The number of carbonyl (C=O) groups excluding carboxylic acids is 2. The SMILES string of the molecule is COc1cccc(CC(=O)N[C@H]2[C@H]3CCO[C@H]3[C@@H]2NC(C)=O)c1. The number of methoxy groups -OCH3 is 1. The first kappa shape index (κ1) is 15.8. The van der Waals surface area contributed by atoms with Gasteiger partial charge in [0, 0.05) is 19.4 Å². The zero-order chi connectivity index (χ0) is 16.4. The van der Waals surface area contributed by atoms with Crippen LogP contribution in [0.2, 0.25) is 0 Å². The molecular weight excluding hydrogens is 296 g/mol. The summed E-state index contributed by atoms with van der Waals surface area (Å²) in [6.07, 6.45) is 1.24. The van der Waals surface area contributed by atoms with Crippen LogP contribution >= 0.6 is 0 Å². The maximum atomic E-state index is 12.3. The predicted octanol–water partition coefficient (Wildman–Crippen LogP) is 0.646. The Morgan fingerprint density at radius 2 is 2.13 bits per heavy atom. The molecule has 2 fully saturated rings. The van der Waals surface area contributed by atoms with Crippen molar-refractivity contribution < 1.29 is 19.1 Å². The van der Waals surface area contributed by atoms with E-state index in [9.17, 15) is 9.59 Å². The third-order valence-corrected chi connectivity index (χ3v) is 4.58. The third kappa shape index (κ3) is 3.32. The van der Waals surface area contributed by atoms with Gasteiger partial charge < -0.3 is 20.1 Å². The van der Waals surface area contributed by atoms with Crippen molar-refractivity contribution in [3.8, 4) is 5.75 Å². The molecule has 1 aromatic rings. The van der Waals surface area contributed by atoms with Gasteiger partial charge in [-0.3, -0.25) is 9.59 Å². The molecule has 6 heteroatoms. The van der Waals surface area contributed by atoms with Crippen LogP contribution in [0.4, 0.5) is 0 Å². The van der Waals surface area contributed by atoms with Gasteiger partial charge in [-0.2, -0.15) is 0 Å². The number of nitrogens with one attached hydrogen (secondary N) is 2. The minimum Gasteiger partial charge on any atom is -0.497 e. The van der Waals surface area contributed by atoms with E-state index in [2.05, 4.69) is 10.6 Å². The van der Waals surface area contributed by atoms with Crippen molar-refractivity contribution in [3.63, 3.8) is 0 Å². The summed E-state index contributed by atoms with van der Waals surface area (Å²) >= 11 is 0. The van der Waals surface area contributed by atoms with E-state index < -0.39 is 0 Å². The van der Waals surface area contributed by atoms with Gasteiger partial charge in [-0.1, -0.05) is 12.1 Å². The van der Waals surface area contributed by atoms with Gasteiger partial charge in [0.1, 0.15) is 5.75 Å². The molecule has 2 N–H and O–H groups in total. The highest BCUT2D eigenvalue weighted by atomic mass is 16.5. The quantitative estimate of drug-likeness (QED) is 0.835. The van der Waals surface area contributed by atoms with Crippen LogP contribution in [-0.4, -0.2) is 43.7 Å². The fourth-order valence-corrected chi connectivity index (χ4v) is 3.52. The molecule has 1 aromatic carbocycles. The van der Waals surface area contributed by atoms with Crippen molar-refractivity contribution in [3.05, 3.63) is 29.8 Å². The first-order valence-corrected chi connectivity index (χ1v) is 7.89. The normalized spacial score (nSPS) is 28.4. The summed E-state index contributed by atoms with van der Waals surface area (Å²) in [5.41, 5.74) is 0.900. The smallest absolute Gasteiger partial charge is 0.224 e. The van der Waals surface area contributed by atoms with Crippen LogP contribution in [0.1, 0.15) is 18.9 Å². The minimum absolute atomic E-state index is 0.0287. The standard InChI is InChI=1S/C17H22N2O4/c1-10(20)18-16-15(13-6-7-23-17(13)16)19-14(21)9-11-4-3-5-12(8-11)22-2/h3-5,8,13,15-17H,6-7,9H2,1-2H3,(H,18,20)(H,19,21)/t13-,15+,16-,17-/m1/s1. The monoisotopic (exact) mass is 318 g/mol. The highest BCUT2D eigenvalue weighted by Gasteiger charge is 2.54. The van der Waals surface area contributed by atoms with Crippen molar-refractivity contribution in [2.45, 2.75) is 38.0 Å². The second kappa shape index (κ2) is 6.58. The number of hydrogen-bond donors (Lipinski definition) is 2. The molecule has 1 aliphatic heterocycles. The maximum absolute atomic E-state index is 12.3. The van der Waals surface area contributed by atoms with Crippen LogP contribution in [0.5, 0.6) is 5.75 Å². The Labute approximate surface area is 135 Å². The topological polar surface area (TPSA) is 76.7 Å². The molecule has 6 nitrogen and oxygen atoms in total. The second-order valence-corrected chi connectivity index (χ2v) is 6.14. The van der Waals surface area contributed by atoms with Crippen molar-refractivity contribution in [1.82, 2.24) is 10.6 Å². The predicted molar refractivity (Wildman–Crippen MR) is 84.1 cm³/mol. The average Bonchev–Trinajstić information content (AvgIpc) is 2.95. The average molecular weight is 318 g/mol. The molecule has 0 unspecified atom stereocenters. The van der Waals surface area contributed by atoms with Gasteiger partial charge in [-0.25, -0.2) is 0 Å². The maximum Gasteiger partial charge on any atom is 0.224 e. The molecule has 0 bridgehead atoms. The molecule has 0 aromatic heterocycles. The summed E-state index contributed by atoms with van der Waals surface area (Å²) < 4.78 is 10.8. The molecule has 3 rings (SSSR count). The van der Waals surface area contributed by atoms with E-state index in [4.69, 9.17) is 9.47 Å². The Morgan fingerprint density at radius 3 is 2.87 bits per heavy atom. The van der Waals surface area contributed by atoms with Crippen LogP contribution in [-0.2, 0) is 20.7 Å². The Morgan fingerprint density at radius 1 is 1.30 bits per heavy atom. The fourth-order valence-electron chi connectivity index (χ4n) is 3.52. The fraction of sp³-hybridized carbons (Fsp3) is 0.529. The number of amides is 2. The van der Waals surface area contributed by atoms with Crippen molar-refractivity contribution in [2.24, 2.45) is 5.92 Å². The van der Waals surface area contributed by atoms with E-state index in [1.165, 1.54) is 6.92 Å². The summed E-state index contributed by atoms with van der Waals surface area (Å²) in [6, 6.07) is 7.29. The van der Waals surface area contributed by atoms with Gasteiger partial charge in [-0.15, -0.1) is 0 Å². The number of benzene rings is 1. The van der Waals surface area contributed by atoms with E-state index in [-0.39, 0.29) is 30.0 Å². The molecular formula is C17H22N2O4. The zero-order valence-electron chi connectivity index (χ0n) is 13.4. The van der Waals surface area contributed by atoms with E-state index in [0.717, 1.165) is 17.7 Å². The highest BCUT2D eigenvalue weighted by molar-refractivity contribution is 5.79. The van der Waals surface area contributed by atoms with Gasteiger partial charge in [0.2, 0.25) is 11.8 Å². The third-order valence-electron chi connectivity index (χ3n) is 4.58. The van der Waals surface area contributed by atoms with Gasteiger partial charge in [-0.05, 0) is 24.1 Å². The summed E-state index contributed by atoms with van der Waals surface area (Å²) in [4.78, 5) is 23.7. The number of carbonyl (C=O) groups is 2. The van der Waals surface area contributed by atoms with Crippen LogP contribution < -0.4 is 15.4 Å². The van der Waals surface area contributed by atoms with Crippen molar-refractivity contribution in [1.29, 1.82) is 0 Å². The van der Waals surface area contributed by atoms with Crippen LogP contribution in [0, 0.1) is 5.92 Å². The number of fused-ring (bicyclic) bond motifs is 1. The highest BCUT2D eigenvalue weighted by Crippen LogP contribution is 2.39. The molecule has 1 aliphatic carbocycles. The second-order valence-electron chi connectivity index (χ2n) is 6.14. The summed E-state index contributed by atoms with van der Waals surface area (Å²) in [6.45, 7) is 2.17. The van der Waals surface area contributed by atoms with Crippen LogP contribution in [0.15, 0.2) is 24.3 Å².